The summed E-state index contributed by atoms with van der Waals surface area (Å²) >= 11 is 0. The molecule has 1 fully saturated rings. The van der Waals surface area contributed by atoms with Crippen molar-refractivity contribution in [3.63, 3.8) is 0 Å². The predicted molar refractivity (Wildman–Crippen MR) is 92.2 cm³/mol. The molecule has 0 spiro atoms. The monoisotopic (exact) mass is 330 g/mol. The molecular weight excluding hydrogens is 308 g/mol. The lowest BCUT2D eigenvalue weighted by molar-refractivity contribution is 0.0777. The standard InChI is InChI=1S/C17H22N4O3/c1-3-21-13-5-4-11(8-12(13)19-14(22)16(21)24)15(23)20-7-6-17(2,9-18)10-20/h4-5,8H,3,6-7,9-10,18H2,1-2H3,(H,19,22). The number of fused-ring (bicyclic) bond motifs is 1. The topological polar surface area (TPSA) is 101 Å². The van der Waals surface area contributed by atoms with Gasteiger partial charge in [-0.2, -0.15) is 0 Å². The van der Waals surface area contributed by atoms with Gasteiger partial charge in [0.15, 0.2) is 0 Å². The van der Waals surface area contributed by atoms with E-state index in [1.165, 1.54) is 4.57 Å². The maximum absolute atomic E-state index is 12.7. The fourth-order valence-electron chi connectivity index (χ4n) is 3.27. The summed E-state index contributed by atoms with van der Waals surface area (Å²) in [5.41, 5.74) is 6.11. The normalized spacial score (nSPS) is 20.7. The van der Waals surface area contributed by atoms with E-state index >= 15 is 0 Å². The second kappa shape index (κ2) is 5.90. The molecule has 1 atom stereocenters. The number of amides is 1. The smallest absolute Gasteiger partial charge is 0.316 e. The van der Waals surface area contributed by atoms with Crippen LogP contribution in [-0.2, 0) is 6.54 Å². The minimum Gasteiger partial charge on any atom is -0.338 e. The van der Waals surface area contributed by atoms with Gasteiger partial charge in [-0.25, -0.2) is 0 Å². The minimum absolute atomic E-state index is 0.0382. The largest absolute Gasteiger partial charge is 0.338 e. The third-order valence-electron chi connectivity index (χ3n) is 4.88. The quantitative estimate of drug-likeness (QED) is 0.801. The average Bonchev–Trinajstić information content (AvgIpc) is 2.98. The van der Waals surface area contributed by atoms with Crippen LogP contribution in [0.4, 0.5) is 0 Å². The predicted octanol–water partition coefficient (Wildman–Crippen LogP) is 0.521. The number of carbonyl (C=O) groups is 1. The third kappa shape index (κ3) is 2.65. The minimum atomic E-state index is -0.675. The Balaban J connectivity index is 2.00. The first-order chi connectivity index (χ1) is 11.4. The SMILES string of the molecule is CCn1c(=O)c(=O)[nH]c2cc(C(=O)N3CCC(C)(CN)C3)ccc21. The van der Waals surface area contributed by atoms with E-state index in [0.717, 1.165) is 6.42 Å². The molecule has 0 radical (unpaired) electrons. The molecule has 1 amide bonds. The maximum atomic E-state index is 12.7. The highest BCUT2D eigenvalue weighted by Crippen LogP contribution is 2.29. The Morgan fingerprint density at radius 3 is 2.75 bits per heavy atom. The first-order valence-electron chi connectivity index (χ1n) is 8.15. The van der Waals surface area contributed by atoms with Crippen molar-refractivity contribution in [2.24, 2.45) is 11.1 Å². The number of hydrogen-bond donors (Lipinski definition) is 2. The van der Waals surface area contributed by atoms with Crippen LogP contribution in [0.1, 0.15) is 30.6 Å². The van der Waals surface area contributed by atoms with Crippen molar-refractivity contribution < 1.29 is 4.79 Å². The van der Waals surface area contributed by atoms with Crippen LogP contribution in [0.25, 0.3) is 11.0 Å². The molecule has 7 nitrogen and oxygen atoms in total. The highest BCUT2D eigenvalue weighted by molar-refractivity contribution is 5.97. The number of nitrogens with zero attached hydrogens (tertiary/aromatic N) is 2. The number of aromatic amines is 1. The third-order valence-corrected chi connectivity index (χ3v) is 4.88. The van der Waals surface area contributed by atoms with Crippen molar-refractivity contribution in [1.29, 1.82) is 0 Å². The van der Waals surface area contributed by atoms with Gasteiger partial charge >= 0.3 is 11.1 Å². The lowest BCUT2D eigenvalue weighted by atomic mass is 9.90. The van der Waals surface area contributed by atoms with Gasteiger partial charge in [0.1, 0.15) is 0 Å². The Kier molecular flexibility index (Phi) is 4.04. The van der Waals surface area contributed by atoms with E-state index in [9.17, 15) is 14.4 Å². The van der Waals surface area contributed by atoms with Crippen LogP contribution >= 0.6 is 0 Å². The fraction of sp³-hybridized carbons (Fsp3) is 0.471. The molecule has 128 valence electrons. The zero-order valence-corrected chi connectivity index (χ0v) is 14.0. The molecule has 0 bridgehead atoms. The average molecular weight is 330 g/mol. The van der Waals surface area contributed by atoms with E-state index < -0.39 is 11.1 Å². The molecule has 1 aromatic carbocycles. The summed E-state index contributed by atoms with van der Waals surface area (Å²) in [7, 11) is 0. The number of likely N-dealkylation sites (tertiary alicyclic amines) is 1. The molecule has 7 heteroatoms. The molecule has 2 heterocycles. The van der Waals surface area contributed by atoms with Gasteiger partial charge in [0, 0.05) is 25.2 Å². The first kappa shape index (κ1) is 16.4. The molecule has 0 saturated carbocycles. The van der Waals surface area contributed by atoms with Crippen molar-refractivity contribution >= 4 is 16.9 Å². The maximum Gasteiger partial charge on any atom is 0.316 e. The van der Waals surface area contributed by atoms with E-state index in [1.54, 1.807) is 30.0 Å². The second-order valence-electron chi connectivity index (χ2n) is 6.73. The fourth-order valence-corrected chi connectivity index (χ4v) is 3.27. The second-order valence-corrected chi connectivity index (χ2v) is 6.73. The lowest BCUT2D eigenvalue weighted by Gasteiger charge is -2.22. The van der Waals surface area contributed by atoms with Crippen molar-refractivity contribution in [3.8, 4) is 0 Å². The van der Waals surface area contributed by atoms with Gasteiger partial charge in [-0.15, -0.1) is 0 Å². The van der Waals surface area contributed by atoms with Crippen LogP contribution < -0.4 is 16.9 Å². The van der Waals surface area contributed by atoms with Crippen LogP contribution in [0.3, 0.4) is 0 Å². The molecule has 3 N–H and O–H groups in total. The number of H-pyrrole nitrogens is 1. The Hall–Kier alpha value is -2.41. The summed E-state index contributed by atoms with van der Waals surface area (Å²) in [4.78, 5) is 40.7. The number of aryl methyl sites for hydroxylation is 1. The Labute approximate surface area is 139 Å². The van der Waals surface area contributed by atoms with Crippen molar-refractivity contribution in [2.75, 3.05) is 19.6 Å². The number of rotatable bonds is 3. The summed E-state index contributed by atoms with van der Waals surface area (Å²) in [6.07, 6.45) is 0.884. The number of carbonyl (C=O) groups excluding carboxylic acids is 1. The van der Waals surface area contributed by atoms with Crippen LogP contribution in [0.2, 0.25) is 0 Å². The number of aromatic nitrogens is 2. The molecule has 3 rings (SSSR count). The van der Waals surface area contributed by atoms with Gasteiger partial charge in [0.25, 0.3) is 5.91 Å². The summed E-state index contributed by atoms with van der Waals surface area (Å²) in [5, 5.41) is 0. The Morgan fingerprint density at radius 1 is 1.38 bits per heavy atom. The van der Waals surface area contributed by atoms with E-state index in [0.29, 0.717) is 42.8 Å². The van der Waals surface area contributed by atoms with Gasteiger partial charge in [-0.1, -0.05) is 6.92 Å². The van der Waals surface area contributed by atoms with Crippen molar-refractivity contribution in [1.82, 2.24) is 14.5 Å². The first-order valence-corrected chi connectivity index (χ1v) is 8.15. The number of nitrogens with one attached hydrogen (secondary N) is 1. The Morgan fingerprint density at radius 2 is 2.12 bits per heavy atom. The molecule has 24 heavy (non-hydrogen) atoms. The number of benzene rings is 1. The van der Waals surface area contributed by atoms with Crippen LogP contribution in [0.15, 0.2) is 27.8 Å². The summed E-state index contributed by atoms with van der Waals surface area (Å²) < 4.78 is 1.41. The summed E-state index contributed by atoms with van der Waals surface area (Å²) in [6.45, 7) is 6.13. The number of nitrogens with two attached hydrogens (primary N) is 1. The molecular formula is C17H22N4O3. The highest BCUT2D eigenvalue weighted by Gasteiger charge is 2.35. The molecule has 1 aromatic heterocycles. The van der Waals surface area contributed by atoms with Gasteiger partial charge in [-0.05, 0) is 43.5 Å². The van der Waals surface area contributed by atoms with E-state index in [-0.39, 0.29) is 11.3 Å². The van der Waals surface area contributed by atoms with Crippen molar-refractivity contribution in [2.45, 2.75) is 26.8 Å². The van der Waals surface area contributed by atoms with Crippen LogP contribution in [-0.4, -0.2) is 40.0 Å². The molecule has 1 unspecified atom stereocenters. The molecule has 1 saturated heterocycles. The van der Waals surface area contributed by atoms with Crippen LogP contribution in [0.5, 0.6) is 0 Å². The van der Waals surface area contributed by atoms with Gasteiger partial charge in [-0.3, -0.25) is 14.4 Å². The molecule has 2 aromatic rings. The van der Waals surface area contributed by atoms with Gasteiger partial charge < -0.3 is 20.2 Å². The molecule has 1 aliphatic heterocycles. The van der Waals surface area contributed by atoms with Crippen LogP contribution in [0, 0.1) is 5.41 Å². The summed E-state index contributed by atoms with van der Waals surface area (Å²) in [6, 6.07) is 5.05. The van der Waals surface area contributed by atoms with E-state index in [2.05, 4.69) is 11.9 Å². The molecule has 1 aliphatic rings. The summed E-state index contributed by atoms with van der Waals surface area (Å²) in [5.74, 6) is -0.0795. The lowest BCUT2D eigenvalue weighted by Crippen LogP contribution is -2.36. The van der Waals surface area contributed by atoms with Crippen molar-refractivity contribution in [3.05, 3.63) is 44.5 Å². The number of hydrogen-bond acceptors (Lipinski definition) is 4. The van der Waals surface area contributed by atoms with Gasteiger partial charge in [0.2, 0.25) is 0 Å². The zero-order valence-electron chi connectivity index (χ0n) is 14.0. The van der Waals surface area contributed by atoms with E-state index in [4.69, 9.17) is 5.73 Å². The molecule has 0 aliphatic carbocycles. The van der Waals surface area contributed by atoms with Gasteiger partial charge in [0.05, 0.1) is 11.0 Å². The highest BCUT2D eigenvalue weighted by atomic mass is 16.2. The zero-order chi connectivity index (χ0) is 17.5. The van der Waals surface area contributed by atoms with E-state index in [1.807, 2.05) is 0 Å². The Bertz CT molecular complexity index is 914.